The van der Waals surface area contributed by atoms with Gasteiger partial charge in [-0.05, 0) is 86.4 Å². The summed E-state index contributed by atoms with van der Waals surface area (Å²) in [7, 11) is 0. The summed E-state index contributed by atoms with van der Waals surface area (Å²) >= 11 is 15.1. The van der Waals surface area contributed by atoms with E-state index in [9.17, 15) is 0 Å². The summed E-state index contributed by atoms with van der Waals surface area (Å²) in [5.41, 5.74) is 0. The topological polar surface area (TPSA) is 0 Å². The van der Waals surface area contributed by atoms with Crippen molar-refractivity contribution < 1.29 is 0 Å². The minimum absolute atomic E-state index is 0.0164. The van der Waals surface area contributed by atoms with Gasteiger partial charge in [-0.15, -0.1) is 0 Å². The molecule has 0 amide bonds. The first-order chi connectivity index (χ1) is 18.7. The molecular weight excluding hydrogens is 740 g/mol. The molecule has 226 valence electrons. The van der Waals surface area contributed by atoms with Crippen LogP contribution in [-0.4, -0.2) is 19.3 Å². The van der Waals surface area contributed by atoms with Crippen LogP contribution in [0.1, 0.15) is 142 Å². The Morgan fingerprint density at radius 3 is 1.10 bits per heavy atom. The summed E-state index contributed by atoms with van der Waals surface area (Å²) in [6, 6.07) is 0. The fourth-order valence-corrected chi connectivity index (χ4v) is 11.5. The molecule has 0 aromatic heterocycles. The van der Waals surface area contributed by atoms with Crippen molar-refractivity contribution in [3.63, 3.8) is 0 Å². The second-order valence-electron chi connectivity index (χ2n) is 15.0. The van der Waals surface area contributed by atoms with Crippen LogP contribution in [0.3, 0.4) is 0 Å². The van der Waals surface area contributed by atoms with E-state index in [4.69, 9.17) is 6.92 Å². The second kappa shape index (κ2) is 17.4. The highest BCUT2D eigenvalue weighted by atomic mass is 79.9. The van der Waals surface area contributed by atoms with Crippen molar-refractivity contribution in [2.45, 2.75) is 161 Å². The van der Waals surface area contributed by atoms with E-state index >= 15 is 0 Å². The minimum atomic E-state index is 0.0164. The van der Waals surface area contributed by atoms with Crippen LogP contribution in [0.4, 0.5) is 0 Å². The van der Waals surface area contributed by atoms with E-state index < -0.39 is 0 Å². The van der Waals surface area contributed by atoms with Crippen molar-refractivity contribution in [2.24, 2.45) is 47.3 Å². The van der Waals surface area contributed by atoms with Crippen molar-refractivity contribution in [3.05, 3.63) is 6.92 Å². The van der Waals surface area contributed by atoms with Gasteiger partial charge in [0.05, 0.1) is 0 Å². The number of hydrogen-bond donors (Lipinski definition) is 0. The Hall–Kier alpha value is 1.92. The lowest BCUT2D eigenvalue weighted by atomic mass is 9.69. The second-order valence-corrected chi connectivity index (χ2v) is 19.5. The highest BCUT2D eigenvalue weighted by molar-refractivity contribution is 9.13. The maximum Gasteiger partial charge on any atom is 0.0306 e. The molecule has 4 atom stereocenters. The molecule has 0 aliphatic heterocycles. The third-order valence-electron chi connectivity index (χ3n) is 11.8. The SMILES string of the molecule is [CH][C@H](Br)[C@H](Br)C[C@@H](Br)[C@@H](Br)CC1CCC(CC2CCC(CC3CCC(CC4CCC(C)CC4)CC3)CC2)CC1. The third kappa shape index (κ3) is 11.7. The molecule has 0 heterocycles. The summed E-state index contributed by atoms with van der Waals surface area (Å²) in [6.07, 6.45) is 31.4. The van der Waals surface area contributed by atoms with Crippen molar-refractivity contribution in [1.29, 1.82) is 0 Å². The molecule has 4 heteroatoms. The molecule has 4 saturated carbocycles. The van der Waals surface area contributed by atoms with Gasteiger partial charge >= 0.3 is 0 Å². The Kier molecular flexibility index (Phi) is 15.1. The fourth-order valence-electron chi connectivity index (χ4n) is 9.05. The Morgan fingerprint density at radius 1 is 0.462 bits per heavy atom. The molecule has 0 aromatic carbocycles. The van der Waals surface area contributed by atoms with Gasteiger partial charge < -0.3 is 0 Å². The van der Waals surface area contributed by atoms with Crippen LogP contribution in [0.2, 0.25) is 0 Å². The van der Waals surface area contributed by atoms with Gasteiger partial charge in [0.1, 0.15) is 0 Å². The lowest BCUT2D eigenvalue weighted by molar-refractivity contribution is 0.152. The molecule has 0 aromatic rings. The maximum atomic E-state index is 5.98. The zero-order valence-corrected chi connectivity index (χ0v) is 31.2. The zero-order chi connectivity index (χ0) is 27.8. The van der Waals surface area contributed by atoms with Gasteiger partial charge in [-0.25, -0.2) is 0 Å². The monoisotopic (exact) mass is 794 g/mol. The number of halogens is 4. The molecule has 4 aliphatic rings. The number of rotatable bonds is 12. The van der Waals surface area contributed by atoms with Gasteiger partial charge in [-0.1, -0.05) is 173 Å². The fraction of sp³-hybridized carbons (Fsp3) is 0.971. The predicted octanol–water partition coefficient (Wildman–Crippen LogP) is 12.9. The van der Waals surface area contributed by atoms with E-state index in [1.807, 2.05) is 0 Å². The van der Waals surface area contributed by atoms with Crippen molar-refractivity contribution in [3.8, 4) is 0 Å². The van der Waals surface area contributed by atoms with Crippen LogP contribution in [-0.2, 0) is 0 Å². The summed E-state index contributed by atoms with van der Waals surface area (Å²) < 4.78 is 0. The highest BCUT2D eigenvalue weighted by Crippen LogP contribution is 2.44. The molecule has 0 bridgehead atoms. The lowest BCUT2D eigenvalue weighted by Gasteiger charge is -2.37. The lowest BCUT2D eigenvalue weighted by Crippen LogP contribution is -2.26. The van der Waals surface area contributed by atoms with Gasteiger partial charge in [0.2, 0.25) is 0 Å². The molecule has 0 unspecified atom stereocenters. The average Bonchev–Trinajstić information content (AvgIpc) is 2.93. The smallest absolute Gasteiger partial charge is 0.0306 e. The quantitative estimate of drug-likeness (QED) is 0.173. The van der Waals surface area contributed by atoms with E-state index in [1.54, 1.807) is 51.4 Å². The summed E-state index contributed by atoms with van der Waals surface area (Å²) in [5, 5.41) is 0. The normalized spacial score (nSPS) is 39.5. The van der Waals surface area contributed by atoms with E-state index in [0.29, 0.717) is 14.5 Å². The first-order valence-corrected chi connectivity index (χ1v) is 20.7. The summed E-state index contributed by atoms with van der Waals surface area (Å²) in [6.45, 7) is 8.44. The van der Waals surface area contributed by atoms with Crippen LogP contribution in [0.25, 0.3) is 0 Å². The Labute approximate surface area is 277 Å². The van der Waals surface area contributed by atoms with E-state index in [0.717, 1.165) is 53.8 Å². The van der Waals surface area contributed by atoms with Crippen molar-refractivity contribution in [2.75, 3.05) is 0 Å². The largest absolute Gasteiger partial charge is 0.0878 e. The zero-order valence-electron chi connectivity index (χ0n) is 24.9. The molecule has 4 rings (SSSR count). The van der Waals surface area contributed by atoms with Gasteiger partial charge in [0.15, 0.2) is 0 Å². The molecule has 0 spiro atoms. The van der Waals surface area contributed by atoms with Crippen LogP contribution in [0.15, 0.2) is 0 Å². The Bertz CT molecular complexity index is 650. The van der Waals surface area contributed by atoms with Gasteiger partial charge in [-0.2, -0.15) is 0 Å². The first kappa shape index (κ1) is 33.8. The predicted molar refractivity (Wildman–Crippen MR) is 186 cm³/mol. The summed E-state index contributed by atoms with van der Waals surface area (Å²) in [4.78, 5) is 1.33. The van der Waals surface area contributed by atoms with Crippen molar-refractivity contribution >= 4 is 63.7 Å². The maximum absolute atomic E-state index is 5.98. The first-order valence-electron chi connectivity index (χ1n) is 17.1. The minimum Gasteiger partial charge on any atom is -0.0878 e. The Morgan fingerprint density at radius 2 is 0.769 bits per heavy atom. The van der Waals surface area contributed by atoms with Crippen LogP contribution < -0.4 is 0 Å². The van der Waals surface area contributed by atoms with E-state index in [-0.39, 0.29) is 4.83 Å². The average molecular weight is 798 g/mol. The van der Waals surface area contributed by atoms with Gasteiger partial charge in [-0.3, -0.25) is 0 Å². The Balaban J connectivity index is 1.04. The third-order valence-corrected chi connectivity index (χ3v) is 16.8. The summed E-state index contributed by atoms with van der Waals surface area (Å²) in [5.74, 6) is 8.23. The van der Waals surface area contributed by atoms with E-state index in [1.165, 1.54) is 77.0 Å². The number of hydrogen-bond acceptors (Lipinski definition) is 0. The molecule has 2 radical (unpaired) electrons. The molecule has 39 heavy (non-hydrogen) atoms. The molecule has 4 fully saturated rings. The van der Waals surface area contributed by atoms with Crippen LogP contribution in [0, 0.1) is 54.3 Å². The molecular formula is C35H58Br4. The van der Waals surface area contributed by atoms with E-state index in [2.05, 4.69) is 70.6 Å². The number of alkyl halides is 4. The highest BCUT2D eigenvalue weighted by Gasteiger charge is 2.32. The van der Waals surface area contributed by atoms with Crippen LogP contribution in [0.5, 0.6) is 0 Å². The molecule has 0 nitrogen and oxygen atoms in total. The van der Waals surface area contributed by atoms with Gasteiger partial charge in [0, 0.05) is 19.3 Å². The molecule has 4 aliphatic carbocycles. The molecule has 0 saturated heterocycles. The van der Waals surface area contributed by atoms with Crippen molar-refractivity contribution in [1.82, 2.24) is 0 Å². The molecule has 0 N–H and O–H groups in total. The van der Waals surface area contributed by atoms with Crippen LogP contribution >= 0.6 is 63.7 Å². The standard InChI is InChI=1S/C35H58Br4/c1-24-3-5-26(6-4-24)19-27-7-9-28(10-8-27)20-29-11-13-30(14-12-29)21-31-15-17-32(18-16-31)22-34(38)35(39)23-33(37)25(2)36/h2,24-35H,3-23H2,1H3/t24?,25-,26?,27?,28?,29?,30?,31?,32?,33+,34-,35+/m0/s1. The van der Waals surface area contributed by atoms with Gasteiger partial charge in [0.25, 0.3) is 0 Å².